The van der Waals surface area contributed by atoms with Crippen molar-refractivity contribution in [1.29, 1.82) is 0 Å². The van der Waals surface area contributed by atoms with Gasteiger partial charge >= 0.3 is 0 Å². The van der Waals surface area contributed by atoms with Crippen molar-refractivity contribution < 1.29 is 5.11 Å². The smallest absolute Gasteiger partial charge is 0.143 e. The van der Waals surface area contributed by atoms with E-state index >= 15 is 0 Å². The molecule has 0 saturated carbocycles. The van der Waals surface area contributed by atoms with Gasteiger partial charge in [0, 0.05) is 17.1 Å². The molecule has 4 heteroatoms. The Morgan fingerprint density at radius 3 is 2.50 bits per heavy atom. The molecular formula is C16H14N2OS. The minimum Gasteiger partial charge on any atom is -0.506 e. The SMILES string of the molecule is CN(/N=C/c1sc2ccccc2c1O)c1ccccc1. The van der Waals surface area contributed by atoms with Gasteiger partial charge in [-0.25, -0.2) is 0 Å². The average Bonchev–Trinajstić information content (AvgIpc) is 2.83. The minimum absolute atomic E-state index is 0.302. The summed E-state index contributed by atoms with van der Waals surface area (Å²) in [7, 11) is 1.89. The van der Waals surface area contributed by atoms with Crippen LogP contribution in [0.15, 0.2) is 59.7 Å². The van der Waals surface area contributed by atoms with Gasteiger partial charge in [0.25, 0.3) is 0 Å². The highest BCUT2D eigenvalue weighted by molar-refractivity contribution is 7.21. The van der Waals surface area contributed by atoms with Crippen molar-refractivity contribution in [3.8, 4) is 5.75 Å². The van der Waals surface area contributed by atoms with Gasteiger partial charge in [-0.3, -0.25) is 5.01 Å². The molecule has 2 aromatic carbocycles. The molecule has 0 aliphatic rings. The molecule has 0 spiro atoms. The number of rotatable bonds is 3. The first-order valence-corrected chi connectivity index (χ1v) is 7.10. The molecule has 3 rings (SSSR count). The van der Waals surface area contributed by atoms with E-state index in [1.54, 1.807) is 11.2 Å². The zero-order chi connectivity index (χ0) is 13.9. The second kappa shape index (κ2) is 5.35. The summed E-state index contributed by atoms with van der Waals surface area (Å²) in [5, 5.41) is 17.2. The van der Waals surface area contributed by atoms with Gasteiger partial charge in [-0.2, -0.15) is 5.10 Å². The minimum atomic E-state index is 0.302. The second-order valence-electron chi connectivity index (χ2n) is 4.41. The maximum absolute atomic E-state index is 10.2. The largest absolute Gasteiger partial charge is 0.506 e. The number of fused-ring (bicyclic) bond motifs is 1. The van der Waals surface area contributed by atoms with Crippen molar-refractivity contribution in [3.05, 3.63) is 59.5 Å². The summed E-state index contributed by atoms with van der Waals surface area (Å²) in [5.74, 6) is 0.302. The van der Waals surface area contributed by atoms with Gasteiger partial charge in [-0.05, 0) is 24.3 Å². The fourth-order valence-corrected chi connectivity index (χ4v) is 2.95. The third-order valence-corrected chi connectivity index (χ3v) is 4.17. The molecule has 0 saturated heterocycles. The molecule has 1 N–H and O–H groups in total. The molecule has 0 radical (unpaired) electrons. The topological polar surface area (TPSA) is 35.8 Å². The van der Waals surface area contributed by atoms with Gasteiger partial charge in [0.2, 0.25) is 0 Å². The van der Waals surface area contributed by atoms with E-state index < -0.39 is 0 Å². The molecule has 3 aromatic rings. The summed E-state index contributed by atoms with van der Waals surface area (Å²) in [6.07, 6.45) is 1.70. The first-order valence-electron chi connectivity index (χ1n) is 6.29. The fraction of sp³-hybridized carbons (Fsp3) is 0.0625. The van der Waals surface area contributed by atoms with Crippen LogP contribution < -0.4 is 5.01 Å². The van der Waals surface area contributed by atoms with Gasteiger partial charge in [0.15, 0.2) is 0 Å². The number of benzene rings is 2. The van der Waals surface area contributed by atoms with Crippen LogP contribution in [-0.2, 0) is 0 Å². The summed E-state index contributed by atoms with van der Waals surface area (Å²) >= 11 is 1.54. The van der Waals surface area contributed by atoms with E-state index in [2.05, 4.69) is 5.10 Å². The third kappa shape index (κ3) is 2.38. The molecule has 0 aliphatic heterocycles. The monoisotopic (exact) mass is 282 g/mol. The van der Waals surface area contributed by atoms with Crippen LogP contribution in [0.5, 0.6) is 5.75 Å². The van der Waals surface area contributed by atoms with Crippen LogP contribution >= 0.6 is 11.3 Å². The number of hydrogen-bond acceptors (Lipinski definition) is 4. The maximum Gasteiger partial charge on any atom is 0.143 e. The van der Waals surface area contributed by atoms with Gasteiger partial charge in [-0.1, -0.05) is 30.3 Å². The third-order valence-electron chi connectivity index (χ3n) is 3.07. The van der Waals surface area contributed by atoms with Crippen molar-refractivity contribution >= 4 is 33.3 Å². The van der Waals surface area contributed by atoms with Crippen LogP contribution in [0.1, 0.15) is 4.88 Å². The lowest BCUT2D eigenvalue weighted by Gasteiger charge is -2.11. The summed E-state index contributed by atoms with van der Waals surface area (Å²) < 4.78 is 1.06. The van der Waals surface area contributed by atoms with E-state index in [0.29, 0.717) is 5.75 Å². The zero-order valence-corrected chi connectivity index (χ0v) is 11.8. The van der Waals surface area contributed by atoms with Crippen molar-refractivity contribution in [3.63, 3.8) is 0 Å². The lowest BCUT2D eigenvalue weighted by molar-refractivity contribution is 0.483. The van der Waals surface area contributed by atoms with E-state index in [0.717, 1.165) is 20.7 Å². The Kier molecular flexibility index (Phi) is 3.39. The van der Waals surface area contributed by atoms with Gasteiger partial charge < -0.3 is 5.11 Å². The standard InChI is InChI=1S/C16H14N2OS/c1-18(12-7-3-2-4-8-12)17-11-15-16(19)13-9-5-6-10-14(13)20-15/h2-11,19H,1H3/b17-11+. The summed E-state index contributed by atoms with van der Waals surface area (Å²) in [6.45, 7) is 0. The highest BCUT2D eigenvalue weighted by atomic mass is 32.1. The average molecular weight is 282 g/mol. The molecule has 3 nitrogen and oxygen atoms in total. The van der Waals surface area contributed by atoms with Crippen molar-refractivity contribution in [2.75, 3.05) is 12.1 Å². The first-order chi connectivity index (χ1) is 9.75. The Labute approximate surface area is 121 Å². The maximum atomic E-state index is 10.2. The number of aromatic hydroxyl groups is 1. The van der Waals surface area contributed by atoms with E-state index in [9.17, 15) is 5.11 Å². The lowest BCUT2D eigenvalue weighted by atomic mass is 10.2. The van der Waals surface area contributed by atoms with Crippen LogP contribution in [0.4, 0.5) is 5.69 Å². The highest BCUT2D eigenvalue weighted by Gasteiger charge is 2.08. The number of hydrogen-bond donors (Lipinski definition) is 1. The lowest BCUT2D eigenvalue weighted by Crippen LogP contribution is -2.08. The van der Waals surface area contributed by atoms with Gasteiger partial charge in [0.05, 0.1) is 16.8 Å². The number of thiophene rings is 1. The number of nitrogens with zero attached hydrogens (tertiary/aromatic N) is 2. The second-order valence-corrected chi connectivity index (χ2v) is 5.50. The van der Waals surface area contributed by atoms with E-state index in [1.807, 2.05) is 61.6 Å². The van der Waals surface area contributed by atoms with Gasteiger partial charge in [-0.15, -0.1) is 11.3 Å². The summed E-state index contributed by atoms with van der Waals surface area (Å²) in [5.41, 5.74) is 1.00. The molecule has 1 aromatic heterocycles. The Morgan fingerprint density at radius 1 is 1.05 bits per heavy atom. The molecule has 20 heavy (non-hydrogen) atoms. The Morgan fingerprint density at radius 2 is 1.75 bits per heavy atom. The van der Waals surface area contributed by atoms with Crippen molar-refractivity contribution in [2.45, 2.75) is 0 Å². The zero-order valence-electron chi connectivity index (χ0n) is 11.0. The van der Waals surface area contributed by atoms with Crippen LogP contribution in [0.3, 0.4) is 0 Å². The van der Waals surface area contributed by atoms with E-state index in [-0.39, 0.29) is 0 Å². The molecule has 1 heterocycles. The molecule has 0 fully saturated rings. The van der Waals surface area contributed by atoms with E-state index in [1.165, 1.54) is 11.3 Å². The summed E-state index contributed by atoms with van der Waals surface area (Å²) in [4.78, 5) is 0.772. The quantitative estimate of drug-likeness (QED) is 0.580. The molecule has 0 aliphatic carbocycles. The van der Waals surface area contributed by atoms with Crippen LogP contribution in [0.25, 0.3) is 10.1 Å². The molecule has 0 unspecified atom stereocenters. The predicted octanol–water partition coefficient (Wildman–Crippen LogP) is 4.08. The molecule has 0 bridgehead atoms. The first kappa shape index (κ1) is 12.7. The molecule has 0 amide bonds. The number of para-hydroxylation sites is 1. The number of hydrazone groups is 1. The van der Waals surface area contributed by atoms with Crippen LogP contribution in [0, 0.1) is 0 Å². The normalized spacial score (nSPS) is 11.2. The Hall–Kier alpha value is -2.33. The molecular weight excluding hydrogens is 268 g/mol. The van der Waals surface area contributed by atoms with Crippen LogP contribution in [0.2, 0.25) is 0 Å². The van der Waals surface area contributed by atoms with Crippen LogP contribution in [-0.4, -0.2) is 18.4 Å². The fourth-order valence-electron chi connectivity index (χ4n) is 1.99. The van der Waals surface area contributed by atoms with E-state index in [4.69, 9.17) is 0 Å². The van der Waals surface area contributed by atoms with Crippen molar-refractivity contribution in [1.82, 2.24) is 0 Å². The predicted molar refractivity (Wildman–Crippen MR) is 85.9 cm³/mol. The highest BCUT2D eigenvalue weighted by Crippen LogP contribution is 2.35. The molecule has 0 atom stereocenters. The van der Waals surface area contributed by atoms with Crippen molar-refractivity contribution in [2.24, 2.45) is 5.10 Å². The molecule has 100 valence electrons. The Balaban J connectivity index is 1.89. The number of anilines is 1. The van der Waals surface area contributed by atoms with Gasteiger partial charge in [0.1, 0.15) is 5.75 Å². The Bertz CT molecular complexity index is 750. The summed E-state index contributed by atoms with van der Waals surface area (Å²) in [6, 6.07) is 17.7.